The number of fused-ring (bicyclic) bond motifs is 8. The van der Waals surface area contributed by atoms with Gasteiger partial charge in [-0.15, -0.1) is 0 Å². The zero-order valence-electron chi connectivity index (χ0n) is 24.0. The predicted octanol–water partition coefficient (Wildman–Crippen LogP) is 7.52. The number of aromatic amines is 1. The van der Waals surface area contributed by atoms with Crippen molar-refractivity contribution >= 4 is 38.6 Å². The monoisotopic (exact) mass is 664 g/mol. The lowest BCUT2D eigenvalue weighted by atomic mass is 9.79. The van der Waals surface area contributed by atoms with Gasteiger partial charge in [0, 0.05) is 63.9 Å². The van der Waals surface area contributed by atoms with Crippen molar-refractivity contribution in [3.63, 3.8) is 0 Å². The van der Waals surface area contributed by atoms with Crippen LogP contribution in [0.2, 0.25) is 0 Å². The third-order valence-electron chi connectivity index (χ3n) is 8.00. The van der Waals surface area contributed by atoms with Crippen LogP contribution in [0.15, 0.2) is 76.7 Å². The van der Waals surface area contributed by atoms with E-state index in [4.69, 9.17) is 20.6 Å². The quantitative estimate of drug-likeness (QED) is 0.172. The van der Waals surface area contributed by atoms with Crippen molar-refractivity contribution in [3.8, 4) is 22.9 Å². The molecule has 1 unspecified atom stereocenters. The fourth-order valence-corrected chi connectivity index (χ4v) is 6.87. The van der Waals surface area contributed by atoms with Crippen LogP contribution in [0.4, 0.5) is 8.78 Å². The highest BCUT2D eigenvalue weighted by atomic mass is 79.9. The molecule has 0 radical (unpaired) electrons. The number of benzene rings is 3. The summed E-state index contributed by atoms with van der Waals surface area (Å²) in [6.45, 7) is 4.30. The Balaban J connectivity index is 1.51. The number of halogens is 3. The predicted molar refractivity (Wildman–Crippen MR) is 171 cm³/mol. The number of nitrogens with two attached hydrogens (primary N) is 1. The van der Waals surface area contributed by atoms with Crippen LogP contribution < -0.4 is 15.8 Å². The average molecular weight is 666 g/mol. The van der Waals surface area contributed by atoms with Gasteiger partial charge in [-0.05, 0) is 68.0 Å². The first-order valence-electron chi connectivity index (χ1n) is 13.8. The fourth-order valence-electron chi connectivity index (χ4n) is 5.34. The Bertz CT molecular complexity index is 1870. The molecule has 0 amide bonds. The number of ether oxygens (including phenoxy) is 1. The molecule has 2 aromatic heterocycles. The summed E-state index contributed by atoms with van der Waals surface area (Å²) in [5.41, 5.74) is 9.96. The lowest BCUT2D eigenvalue weighted by molar-refractivity contribution is 0.435. The van der Waals surface area contributed by atoms with Gasteiger partial charge in [-0.1, -0.05) is 28.1 Å². The Kier molecular flexibility index (Phi) is 7.95. The molecule has 0 saturated heterocycles. The van der Waals surface area contributed by atoms with E-state index in [-0.39, 0.29) is 23.6 Å². The second-order valence-electron chi connectivity index (χ2n) is 10.9. The SMILES string of the molecule is C/C1=C(/N)CSCCC(C)(c2cccc(Br)c2)c2nc(n(C)n2)-c2cc(ccc2F)Oc2c(F)cc3[nH]ccc3c2CN1. The maximum atomic E-state index is 15.5. The van der Waals surface area contributed by atoms with Crippen molar-refractivity contribution in [2.45, 2.75) is 32.2 Å². The summed E-state index contributed by atoms with van der Waals surface area (Å²) in [6, 6.07) is 15.7. The standard InChI is InChI=1S/C32H31BrF2N6OS/c1-18-27(36)17-43-12-10-32(2,19-5-4-6-20(33)13-19)31-39-30(41(3)40-31)23-14-21(7-8-25(23)34)42-29-24(16-38-18)22-9-11-37-28(22)15-26(29)35/h4-9,11,13-15,37-38H,10,12,16-17,36H2,1-3H3/b27-18-. The van der Waals surface area contributed by atoms with Gasteiger partial charge in [0.1, 0.15) is 11.6 Å². The molecule has 1 aliphatic heterocycles. The molecule has 222 valence electrons. The van der Waals surface area contributed by atoms with Crippen molar-refractivity contribution in [2.75, 3.05) is 11.5 Å². The van der Waals surface area contributed by atoms with Crippen LogP contribution in [0.25, 0.3) is 22.3 Å². The lowest BCUT2D eigenvalue weighted by Crippen LogP contribution is -2.27. The van der Waals surface area contributed by atoms with Crippen LogP contribution in [-0.4, -0.2) is 31.3 Å². The number of nitrogens with zero attached hydrogens (tertiary/aromatic N) is 3. The molecule has 3 heterocycles. The summed E-state index contributed by atoms with van der Waals surface area (Å²) >= 11 is 5.31. The zero-order valence-corrected chi connectivity index (χ0v) is 26.4. The second kappa shape index (κ2) is 11.7. The fraction of sp³-hybridized carbons (Fsp3) is 0.250. The van der Waals surface area contributed by atoms with Crippen molar-refractivity contribution < 1.29 is 13.5 Å². The van der Waals surface area contributed by atoms with E-state index < -0.39 is 17.0 Å². The summed E-state index contributed by atoms with van der Waals surface area (Å²) in [5, 5.41) is 8.97. The highest BCUT2D eigenvalue weighted by Crippen LogP contribution is 2.39. The number of nitrogens with one attached hydrogen (secondary N) is 2. The Hall–Kier alpha value is -3.83. The Labute approximate surface area is 261 Å². The van der Waals surface area contributed by atoms with E-state index in [2.05, 4.69) is 45.3 Å². The molecule has 3 aromatic carbocycles. The van der Waals surface area contributed by atoms with E-state index >= 15 is 8.78 Å². The average Bonchev–Trinajstić information content (AvgIpc) is 3.61. The number of H-pyrrole nitrogens is 1. The number of rotatable bonds is 1. The number of hydrogen-bond donors (Lipinski definition) is 3. The minimum Gasteiger partial charge on any atom is -0.454 e. The van der Waals surface area contributed by atoms with Crippen LogP contribution >= 0.6 is 27.7 Å². The molecule has 4 bridgehead atoms. The van der Waals surface area contributed by atoms with Gasteiger partial charge in [-0.3, -0.25) is 0 Å². The summed E-state index contributed by atoms with van der Waals surface area (Å²) < 4.78 is 39.6. The van der Waals surface area contributed by atoms with Crippen molar-refractivity contribution in [2.24, 2.45) is 12.8 Å². The first-order valence-corrected chi connectivity index (χ1v) is 15.8. The molecule has 11 heteroatoms. The van der Waals surface area contributed by atoms with Crippen LogP contribution in [0.5, 0.6) is 11.5 Å². The third-order valence-corrected chi connectivity index (χ3v) is 9.50. The molecule has 5 aromatic rings. The Morgan fingerprint density at radius 3 is 2.77 bits per heavy atom. The molecule has 0 spiro atoms. The maximum absolute atomic E-state index is 15.5. The molecule has 4 N–H and O–H groups in total. The van der Waals surface area contributed by atoms with Gasteiger partial charge in [-0.25, -0.2) is 18.4 Å². The Morgan fingerprint density at radius 1 is 1.12 bits per heavy atom. The molecule has 7 nitrogen and oxygen atoms in total. The summed E-state index contributed by atoms with van der Waals surface area (Å²) in [4.78, 5) is 7.97. The largest absolute Gasteiger partial charge is 0.454 e. The number of aryl methyl sites for hydroxylation is 1. The molecule has 1 atom stereocenters. The summed E-state index contributed by atoms with van der Waals surface area (Å²) in [5.74, 6) is 1.61. The molecule has 1 aliphatic rings. The lowest BCUT2D eigenvalue weighted by Gasteiger charge is -2.27. The van der Waals surface area contributed by atoms with E-state index in [0.29, 0.717) is 34.2 Å². The molecule has 0 aliphatic carbocycles. The van der Waals surface area contributed by atoms with E-state index in [1.165, 1.54) is 18.2 Å². The van der Waals surface area contributed by atoms with Crippen LogP contribution in [-0.2, 0) is 19.0 Å². The zero-order chi connectivity index (χ0) is 30.3. The third kappa shape index (κ3) is 5.63. The van der Waals surface area contributed by atoms with Crippen molar-refractivity contribution in [1.82, 2.24) is 25.1 Å². The molecule has 0 saturated carbocycles. The molecule has 6 rings (SSSR count). The summed E-state index contributed by atoms with van der Waals surface area (Å²) in [7, 11) is 1.74. The van der Waals surface area contributed by atoms with Gasteiger partial charge in [0.05, 0.1) is 11.0 Å². The van der Waals surface area contributed by atoms with Gasteiger partial charge in [0.25, 0.3) is 0 Å². The Morgan fingerprint density at radius 2 is 1.95 bits per heavy atom. The number of allylic oxidation sites excluding steroid dienone is 1. The number of aromatic nitrogens is 4. The number of hydrogen-bond acceptors (Lipinski definition) is 6. The van der Waals surface area contributed by atoms with E-state index in [1.54, 1.807) is 35.8 Å². The van der Waals surface area contributed by atoms with E-state index in [9.17, 15) is 0 Å². The smallest absolute Gasteiger partial charge is 0.168 e. The van der Waals surface area contributed by atoms with Gasteiger partial charge >= 0.3 is 0 Å². The second-order valence-corrected chi connectivity index (χ2v) is 12.9. The molecular weight excluding hydrogens is 634 g/mol. The first-order chi connectivity index (χ1) is 20.6. The number of thioether (sulfide) groups is 1. The maximum Gasteiger partial charge on any atom is 0.168 e. The van der Waals surface area contributed by atoms with Crippen LogP contribution in [0, 0.1) is 11.6 Å². The highest BCUT2D eigenvalue weighted by molar-refractivity contribution is 9.10. The molecule has 43 heavy (non-hydrogen) atoms. The highest BCUT2D eigenvalue weighted by Gasteiger charge is 2.34. The normalized spacial score (nSPS) is 19.7. The molecular formula is C32H31BrF2N6OS. The van der Waals surface area contributed by atoms with Gasteiger partial charge in [-0.2, -0.15) is 16.9 Å². The first kappa shape index (κ1) is 29.3. The minimum absolute atomic E-state index is 0.0555. The minimum atomic E-state index is -0.571. The van der Waals surface area contributed by atoms with E-state index in [1.807, 2.05) is 25.1 Å². The topological polar surface area (TPSA) is 93.8 Å². The van der Waals surface area contributed by atoms with E-state index in [0.717, 1.165) is 33.3 Å². The van der Waals surface area contributed by atoms with Crippen molar-refractivity contribution in [1.29, 1.82) is 0 Å². The molecule has 0 fully saturated rings. The van der Waals surface area contributed by atoms with Gasteiger partial charge in [0.2, 0.25) is 0 Å². The van der Waals surface area contributed by atoms with Crippen LogP contribution in [0.3, 0.4) is 0 Å². The van der Waals surface area contributed by atoms with Gasteiger partial charge < -0.3 is 20.8 Å². The van der Waals surface area contributed by atoms with Crippen LogP contribution in [0.1, 0.15) is 37.2 Å². The summed E-state index contributed by atoms with van der Waals surface area (Å²) in [6.07, 6.45) is 2.48. The van der Waals surface area contributed by atoms with Crippen molar-refractivity contribution in [3.05, 3.63) is 105 Å². The van der Waals surface area contributed by atoms with Gasteiger partial charge in [0.15, 0.2) is 23.2 Å².